The number of likely N-dealkylation sites (tertiary alicyclic amines) is 1. The highest BCUT2D eigenvalue weighted by molar-refractivity contribution is 5.81. The molecular weight excluding hydrogens is 348 g/mol. The van der Waals surface area contributed by atoms with Gasteiger partial charge in [-0.15, -0.1) is 0 Å². The maximum Gasteiger partial charge on any atom is 0.237 e. The van der Waals surface area contributed by atoms with Gasteiger partial charge in [0.05, 0.1) is 18.8 Å². The molecular formula is C24H32N2O2. The van der Waals surface area contributed by atoms with E-state index in [1.807, 2.05) is 43.3 Å². The van der Waals surface area contributed by atoms with Gasteiger partial charge in [-0.05, 0) is 36.8 Å². The Morgan fingerprint density at radius 1 is 1.04 bits per heavy atom. The van der Waals surface area contributed by atoms with Crippen LogP contribution in [0.4, 0.5) is 0 Å². The molecule has 2 unspecified atom stereocenters. The van der Waals surface area contributed by atoms with E-state index in [4.69, 9.17) is 4.74 Å². The minimum absolute atomic E-state index is 0.0990. The zero-order chi connectivity index (χ0) is 19.8. The van der Waals surface area contributed by atoms with Crippen LogP contribution < -0.4 is 5.32 Å². The number of nitrogens with zero attached hydrogens (tertiary/aromatic N) is 1. The molecule has 0 radical (unpaired) electrons. The summed E-state index contributed by atoms with van der Waals surface area (Å²) in [5, 5.41) is 3.12. The van der Waals surface area contributed by atoms with Crippen LogP contribution in [0.15, 0.2) is 60.7 Å². The molecule has 1 fully saturated rings. The van der Waals surface area contributed by atoms with Crippen molar-refractivity contribution in [2.45, 2.75) is 51.4 Å². The minimum atomic E-state index is -0.0990. The summed E-state index contributed by atoms with van der Waals surface area (Å²) in [4.78, 5) is 14.9. The summed E-state index contributed by atoms with van der Waals surface area (Å²) in [6.45, 7) is 7.30. The summed E-state index contributed by atoms with van der Waals surface area (Å²) in [7, 11) is 0. The number of carbonyl (C=O) groups excluding carboxylic acids is 1. The first-order valence-corrected chi connectivity index (χ1v) is 10.4. The van der Waals surface area contributed by atoms with Crippen molar-refractivity contribution in [1.29, 1.82) is 0 Å². The van der Waals surface area contributed by atoms with Crippen LogP contribution in [0, 0.1) is 0 Å². The van der Waals surface area contributed by atoms with Crippen LogP contribution in [0.2, 0.25) is 0 Å². The summed E-state index contributed by atoms with van der Waals surface area (Å²) >= 11 is 0. The topological polar surface area (TPSA) is 41.6 Å². The van der Waals surface area contributed by atoms with Crippen molar-refractivity contribution in [3.63, 3.8) is 0 Å². The van der Waals surface area contributed by atoms with Crippen molar-refractivity contribution in [3.8, 4) is 0 Å². The number of ether oxygens (including phenoxy) is 1. The van der Waals surface area contributed by atoms with E-state index in [1.165, 1.54) is 11.1 Å². The Morgan fingerprint density at radius 2 is 1.64 bits per heavy atom. The van der Waals surface area contributed by atoms with Gasteiger partial charge in [-0.2, -0.15) is 0 Å². The lowest BCUT2D eigenvalue weighted by Gasteiger charge is -2.35. The van der Waals surface area contributed by atoms with E-state index >= 15 is 0 Å². The highest BCUT2D eigenvalue weighted by Crippen LogP contribution is 2.18. The number of benzene rings is 2. The quantitative estimate of drug-likeness (QED) is 0.753. The zero-order valence-electron chi connectivity index (χ0n) is 17.0. The molecule has 4 nitrogen and oxygen atoms in total. The monoisotopic (exact) mass is 380 g/mol. The van der Waals surface area contributed by atoms with Crippen molar-refractivity contribution >= 4 is 5.91 Å². The Kier molecular flexibility index (Phi) is 7.63. The number of piperidine rings is 1. The summed E-state index contributed by atoms with van der Waals surface area (Å²) in [6, 6.07) is 20.5. The molecule has 150 valence electrons. The fourth-order valence-corrected chi connectivity index (χ4v) is 3.68. The van der Waals surface area contributed by atoms with E-state index in [2.05, 4.69) is 41.4 Å². The molecule has 0 aromatic heterocycles. The van der Waals surface area contributed by atoms with Gasteiger partial charge in [-0.3, -0.25) is 9.69 Å². The number of rotatable bonds is 8. The third-order valence-corrected chi connectivity index (χ3v) is 5.68. The lowest BCUT2D eigenvalue weighted by molar-refractivity contribution is -0.127. The number of hydrogen-bond donors (Lipinski definition) is 1. The van der Waals surface area contributed by atoms with Crippen LogP contribution in [0.1, 0.15) is 43.7 Å². The first-order valence-electron chi connectivity index (χ1n) is 10.4. The number of hydrogen-bond acceptors (Lipinski definition) is 3. The molecule has 1 saturated heterocycles. The molecule has 0 bridgehead atoms. The van der Waals surface area contributed by atoms with Crippen LogP contribution >= 0.6 is 0 Å². The summed E-state index contributed by atoms with van der Waals surface area (Å²) in [5.74, 6) is 0.431. The molecule has 2 atom stereocenters. The maximum absolute atomic E-state index is 12.6. The molecule has 0 saturated carbocycles. The van der Waals surface area contributed by atoms with Crippen molar-refractivity contribution in [2.24, 2.45) is 0 Å². The average molecular weight is 381 g/mol. The van der Waals surface area contributed by atoms with Crippen LogP contribution in [-0.4, -0.2) is 42.6 Å². The average Bonchev–Trinajstić information content (AvgIpc) is 2.77. The van der Waals surface area contributed by atoms with Gasteiger partial charge in [-0.25, -0.2) is 0 Å². The predicted molar refractivity (Wildman–Crippen MR) is 113 cm³/mol. The Labute approximate surface area is 168 Å². The molecule has 1 amide bonds. The molecule has 1 heterocycles. The van der Waals surface area contributed by atoms with Crippen molar-refractivity contribution in [3.05, 3.63) is 71.8 Å². The number of carbonyl (C=O) groups is 1. The maximum atomic E-state index is 12.6. The Balaban J connectivity index is 1.38. The second kappa shape index (κ2) is 10.4. The van der Waals surface area contributed by atoms with E-state index in [0.717, 1.165) is 25.9 Å². The Hall–Kier alpha value is -2.17. The van der Waals surface area contributed by atoms with Crippen molar-refractivity contribution in [1.82, 2.24) is 10.2 Å². The molecule has 4 heteroatoms. The standard InChI is InChI=1S/C24H32N2O2/c1-19(22-11-7-4-8-12-22)17-25-24(27)20(2)26-15-13-23(14-16-26)28-18-21-9-5-3-6-10-21/h3-12,19-20,23H,13-18H2,1-2H3,(H,25,27). The van der Waals surface area contributed by atoms with E-state index in [0.29, 0.717) is 19.1 Å². The van der Waals surface area contributed by atoms with Crippen molar-refractivity contribution < 1.29 is 9.53 Å². The molecule has 0 aliphatic carbocycles. The number of amides is 1. The predicted octanol–water partition coefficient (Wildman–Crippen LogP) is 3.98. The summed E-state index contributed by atoms with van der Waals surface area (Å²) < 4.78 is 6.06. The van der Waals surface area contributed by atoms with Crippen LogP contribution in [0.3, 0.4) is 0 Å². The third-order valence-electron chi connectivity index (χ3n) is 5.68. The van der Waals surface area contributed by atoms with E-state index < -0.39 is 0 Å². The zero-order valence-corrected chi connectivity index (χ0v) is 17.0. The van der Waals surface area contributed by atoms with E-state index in [-0.39, 0.29) is 18.1 Å². The second-order valence-electron chi connectivity index (χ2n) is 7.76. The van der Waals surface area contributed by atoms with Gasteiger partial charge in [0.15, 0.2) is 0 Å². The molecule has 3 rings (SSSR count). The Bertz CT molecular complexity index is 712. The fourth-order valence-electron chi connectivity index (χ4n) is 3.68. The molecule has 2 aromatic carbocycles. The second-order valence-corrected chi connectivity index (χ2v) is 7.76. The highest BCUT2D eigenvalue weighted by atomic mass is 16.5. The SMILES string of the molecule is CC(CNC(=O)C(C)N1CCC(OCc2ccccc2)CC1)c1ccccc1. The largest absolute Gasteiger partial charge is 0.373 e. The molecule has 1 aliphatic rings. The van der Waals surface area contributed by atoms with E-state index in [9.17, 15) is 4.79 Å². The van der Waals surface area contributed by atoms with Crippen LogP contribution in [0.5, 0.6) is 0 Å². The molecule has 28 heavy (non-hydrogen) atoms. The summed E-state index contributed by atoms with van der Waals surface area (Å²) in [5.41, 5.74) is 2.47. The van der Waals surface area contributed by atoms with Gasteiger partial charge < -0.3 is 10.1 Å². The minimum Gasteiger partial charge on any atom is -0.373 e. The van der Waals surface area contributed by atoms with Gasteiger partial charge >= 0.3 is 0 Å². The third kappa shape index (κ3) is 5.91. The lowest BCUT2D eigenvalue weighted by atomic mass is 10.0. The van der Waals surface area contributed by atoms with E-state index in [1.54, 1.807) is 0 Å². The van der Waals surface area contributed by atoms with Crippen LogP contribution in [-0.2, 0) is 16.1 Å². The first kappa shape index (κ1) is 20.6. The van der Waals surface area contributed by atoms with Gasteiger partial charge in [0.1, 0.15) is 0 Å². The molecule has 1 aliphatic heterocycles. The number of nitrogens with one attached hydrogen (secondary N) is 1. The van der Waals surface area contributed by atoms with Gasteiger partial charge in [0, 0.05) is 19.6 Å². The van der Waals surface area contributed by atoms with Crippen molar-refractivity contribution in [2.75, 3.05) is 19.6 Å². The van der Waals surface area contributed by atoms with Gasteiger partial charge in [-0.1, -0.05) is 67.6 Å². The lowest BCUT2D eigenvalue weighted by Crippen LogP contribution is -2.49. The fraction of sp³-hybridized carbons (Fsp3) is 0.458. The van der Waals surface area contributed by atoms with Gasteiger partial charge in [0.2, 0.25) is 5.91 Å². The molecule has 0 spiro atoms. The van der Waals surface area contributed by atoms with Gasteiger partial charge in [0.25, 0.3) is 0 Å². The highest BCUT2D eigenvalue weighted by Gasteiger charge is 2.27. The molecule has 2 aromatic rings. The molecule has 1 N–H and O–H groups in total. The van der Waals surface area contributed by atoms with Crippen LogP contribution in [0.25, 0.3) is 0 Å². The smallest absolute Gasteiger partial charge is 0.237 e. The summed E-state index contributed by atoms with van der Waals surface area (Å²) in [6.07, 6.45) is 2.24. The Morgan fingerprint density at radius 3 is 2.29 bits per heavy atom. The normalized spacial score (nSPS) is 17.8. The first-order chi connectivity index (χ1) is 13.6.